The van der Waals surface area contributed by atoms with E-state index in [0.29, 0.717) is 0 Å². The summed E-state index contributed by atoms with van der Waals surface area (Å²) < 4.78 is 4.97. The van der Waals surface area contributed by atoms with Crippen LogP contribution in [-0.2, 0) is 11.3 Å². The fourth-order valence-electron chi connectivity index (χ4n) is 1.48. The van der Waals surface area contributed by atoms with Crippen LogP contribution in [0.25, 0.3) is 0 Å². The van der Waals surface area contributed by atoms with Crippen molar-refractivity contribution in [2.24, 2.45) is 0 Å². The summed E-state index contributed by atoms with van der Waals surface area (Å²) in [4.78, 5) is 5.17. The SMILES string of the molecule is COCCNCCN(C)Cc1ccc(C)s1. The minimum Gasteiger partial charge on any atom is -0.383 e. The monoisotopic (exact) mass is 242 g/mol. The van der Waals surface area contributed by atoms with Gasteiger partial charge in [-0.25, -0.2) is 0 Å². The topological polar surface area (TPSA) is 24.5 Å². The molecule has 0 bridgehead atoms. The van der Waals surface area contributed by atoms with Crippen LogP contribution in [0.2, 0.25) is 0 Å². The Morgan fingerprint density at radius 2 is 2.19 bits per heavy atom. The van der Waals surface area contributed by atoms with Crippen molar-refractivity contribution in [3.05, 3.63) is 21.9 Å². The number of methoxy groups -OCH3 is 1. The molecule has 0 spiro atoms. The minimum atomic E-state index is 0.786. The van der Waals surface area contributed by atoms with E-state index in [9.17, 15) is 0 Å². The second-order valence-electron chi connectivity index (χ2n) is 3.99. The van der Waals surface area contributed by atoms with E-state index in [0.717, 1.165) is 32.8 Å². The lowest BCUT2D eigenvalue weighted by Crippen LogP contribution is -2.30. The van der Waals surface area contributed by atoms with Crippen LogP contribution in [0, 0.1) is 6.92 Å². The van der Waals surface area contributed by atoms with Crippen molar-refractivity contribution < 1.29 is 4.74 Å². The lowest BCUT2D eigenvalue weighted by Gasteiger charge is -2.15. The van der Waals surface area contributed by atoms with Gasteiger partial charge in [0.2, 0.25) is 0 Å². The molecule has 0 fully saturated rings. The van der Waals surface area contributed by atoms with Crippen LogP contribution < -0.4 is 5.32 Å². The van der Waals surface area contributed by atoms with E-state index in [1.807, 2.05) is 11.3 Å². The van der Waals surface area contributed by atoms with Crippen LogP contribution in [0.15, 0.2) is 12.1 Å². The summed E-state index contributed by atoms with van der Waals surface area (Å²) in [6.07, 6.45) is 0. The van der Waals surface area contributed by atoms with Gasteiger partial charge in [-0.05, 0) is 26.1 Å². The van der Waals surface area contributed by atoms with Crippen molar-refractivity contribution in [2.45, 2.75) is 13.5 Å². The van der Waals surface area contributed by atoms with Crippen LogP contribution >= 0.6 is 11.3 Å². The summed E-state index contributed by atoms with van der Waals surface area (Å²) in [5, 5.41) is 3.34. The Hall–Kier alpha value is -0.420. The van der Waals surface area contributed by atoms with Gasteiger partial charge in [-0.2, -0.15) is 0 Å². The Bertz CT molecular complexity index is 288. The highest BCUT2D eigenvalue weighted by molar-refractivity contribution is 7.11. The Labute approximate surface area is 102 Å². The summed E-state index contributed by atoms with van der Waals surface area (Å²) in [7, 11) is 3.89. The molecular formula is C12H22N2OS. The zero-order valence-corrected chi connectivity index (χ0v) is 11.3. The molecule has 0 radical (unpaired) electrons. The zero-order chi connectivity index (χ0) is 11.8. The van der Waals surface area contributed by atoms with Gasteiger partial charge < -0.3 is 15.0 Å². The lowest BCUT2D eigenvalue weighted by molar-refractivity contribution is 0.197. The molecule has 0 unspecified atom stereocenters. The van der Waals surface area contributed by atoms with Gasteiger partial charge in [-0.1, -0.05) is 0 Å². The predicted molar refractivity (Wildman–Crippen MR) is 70.1 cm³/mol. The summed E-state index contributed by atoms with van der Waals surface area (Å²) in [6.45, 7) is 7.01. The molecule has 0 atom stereocenters. The van der Waals surface area contributed by atoms with Gasteiger partial charge in [0.25, 0.3) is 0 Å². The molecule has 1 heterocycles. The van der Waals surface area contributed by atoms with Gasteiger partial charge in [-0.3, -0.25) is 0 Å². The van der Waals surface area contributed by atoms with E-state index >= 15 is 0 Å². The molecule has 0 aliphatic rings. The van der Waals surface area contributed by atoms with Crippen molar-refractivity contribution >= 4 is 11.3 Å². The first-order valence-corrected chi connectivity index (χ1v) is 6.47. The van der Waals surface area contributed by atoms with Gasteiger partial charge >= 0.3 is 0 Å². The maximum absolute atomic E-state index is 4.97. The molecule has 92 valence electrons. The van der Waals surface area contributed by atoms with Crippen LogP contribution in [-0.4, -0.2) is 45.3 Å². The summed E-state index contributed by atoms with van der Waals surface area (Å²) in [6, 6.07) is 4.40. The first-order chi connectivity index (χ1) is 7.72. The third-order valence-corrected chi connectivity index (χ3v) is 3.36. The largest absolute Gasteiger partial charge is 0.383 e. The summed E-state index contributed by atoms with van der Waals surface area (Å²) in [5.74, 6) is 0. The number of thiophene rings is 1. The van der Waals surface area contributed by atoms with Gasteiger partial charge in [0.05, 0.1) is 6.61 Å². The highest BCUT2D eigenvalue weighted by Gasteiger charge is 2.01. The second-order valence-corrected chi connectivity index (χ2v) is 5.37. The summed E-state index contributed by atoms with van der Waals surface area (Å²) in [5.41, 5.74) is 0. The highest BCUT2D eigenvalue weighted by Crippen LogP contribution is 2.16. The number of hydrogen-bond donors (Lipinski definition) is 1. The molecule has 0 aliphatic carbocycles. The van der Waals surface area contributed by atoms with Crippen LogP contribution in [0.5, 0.6) is 0 Å². The van der Waals surface area contributed by atoms with Gasteiger partial charge in [0.15, 0.2) is 0 Å². The first kappa shape index (κ1) is 13.6. The maximum atomic E-state index is 4.97. The number of nitrogens with one attached hydrogen (secondary N) is 1. The lowest BCUT2D eigenvalue weighted by atomic mass is 10.4. The standard InChI is InChI=1S/C12H22N2OS/c1-11-4-5-12(16-11)10-14(2)8-6-13-7-9-15-3/h4-5,13H,6-10H2,1-3H3. The molecule has 0 amide bonds. The van der Waals surface area contributed by atoms with E-state index < -0.39 is 0 Å². The molecule has 0 aliphatic heterocycles. The van der Waals surface area contributed by atoms with Crippen LogP contribution in [0.1, 0.15) is 9.75 Å². The maximum Gasteiger partial charge on any atom is 0.0587 e. The second kappa shape index (κ2) is 7.79. The molecule has 1 aromatic heterocycles. The highest BCUT2D eigenvalue weighted by atomic mass is 32.1. The predicted octanol–water partition coefficient (Wildman–Crippen LogP) is 1.72. The van der Waals surface area contributed by atoms with Crippen molar-refractivity contribution in [3.63, 3.8) is 0 Å². The quantitative estimate of drug-likeness (QED) is 0.703. The van der Waals surface area contributed by atoms with E-state index in [-0.39, 0.29) is 0 Å². The van der Waals surface area contributed by atoms with Gasteiger partial charge in [-0.15, -0.1) is 11.3 Å². The van der Waals surface area contributed by atoms with E-state index in [1.54, 1.807) is 7.11 Å². The van der Waals surface area contributed by atoms with E-state index in [4.69, 9.17) is 4.74 Å². The number of hydrogen-bond acceptors (Lipinski definition) is 4. The normalized spacial score (nSPS) is 11.2. The van der Waals surface area contributed by atoms with Gasteiger partial charge in [0.1, 0.15) is 0 Å². The molecule has 1 aromatic rings. The van der Waals surface area contributed by atoms with Gasteiger partial charge in [0, 0.05) is 43.0 Å². The molecule has 16 heavy (non-hydrogen) atoms. The van der Waals surface area contributed by atoms with Crippen molar-refractivity contribution in [2.75, 3.05) is 40.4 Å². The third-order valence-electron chi connectivity index (χ3n) is 2.38. The number of aryl methyl sites for hydroxylation is 1. The minimum absolute atomic E-state index is 0.786. The van der Waals surface area contributed by atoms with Crippen molar-refractivity contribution in [1.82, 2.24) is 10.2 Å². The van der Waals surface area contributed by atoms with E-state index in [1.165, 1.54) is 9.75 Å². The Balaban J connectivity index is 2.09. The number of likely N-dealkylation sites (N-methyl/N-ethyl adjacent to an activating group) is 1. The smallest absolute Gasteiger partial charge is 0.0587 e. The fourth-order valence-corrected chi connectivity index (χ4v) is 2.46. The molecule has 4 heteroatoms. The summed E-state index contributed by atoms with van der Waals surface area (Å²) >= 11 is 1.88. The van der Waals surface area contributed by atoms with Crippen molar-refractivity contribution in [1.29, 1.82) is 0 Å². The Morgan fingerprint density at radius 3 is 2.81 bits per heavy atom. The number of rotatable bonds is 8. The zero-order valence-electron chi connectivity index (χ0n) is 10.5. The van der Waals surface area contributed by atoms with E-state index in [2.05, 4.69) is 36.3 Å². The molecule has 1 rings (SSSR count). The number of ether oxygens (including phenoxy) is 1. The third kappa shape index (κ3) is 5.61. The van der Waals surface area contributed by atoms with Crippen LogP contribution in [0.3, 0.4) is 0 Å². The Kier molecular flexibility index (Phi) is 6.64. The Morgan fingerprint density at radius 1 is 1.38 bits per heavy atom. The fraction of sp³-hybridized carbons (Fsp3) is 0.667. The van der Waals surface area contributed by atoms with Crippen molar-refractivity contribution in [3.8, 4) is 0 Å². The molecule has 0 aromatic carbocycles. The number of nitrogens with zero attached hydrogens (tertiary/aromatic N) is 1. The average Bonchev–Trinajstić information content (AvgIpc) is 2.63. The molecular weight excluding hydrogens is 220 g/mol. The molecule has 0 saturated heterocycles. The molecule has 3 nitrogen and oxygen atoms in total. The average molecular weight is 242 g/mol. The van der Waals surface area contributed by atoms with Crippen LogP contribution in [0.4, 0.5) is 0 Å². The first-order valence-electron chi connectivity index (χ1n) is 5.66. The molecule has 1 N–H and O–H groups in total. The molecule has 0 saturated carbocycles.